The number of halogens is 4. The highest BCUT2D eigenvalue weighted by atomic mass is 35.5. The van der Waals surface area contributed by atoms with E-state index in [0.29, 0.717) is 21.3 Å². The number of nitrogens with one attached hydrogen (secondary N) is 1. The molecule has 3 aromatic carbocycles. The van der Waals surface area contributed by atoms with Gasteiger partial charge in [-0.15, -0.1) is 0 Å². The number of hydrogen-bond donors (Lipinski definition) is 1. The number of anilines is 1. The molecule has 3 aromatic rings. The second-order valence-corrected chi connectivity index (χ2v) is 7.98. The van der Waals surface area contributed by atoms with Crippen molar-refractivity contribution in [3.63, 3.8) is 0 Å². The maximum atomic E-state index is 13.9. The standard InChI is InChI=1S/C23H16Cl3FN2O/c1-13-9-16(18(12-28)14-5-7-15(24)8-6-14)20(26)11-22(13)29-23(30)10-17-19(25)3-2-4-21(17)27/h2-9,11,18H,10H2,1H3,(H,29,30)/t18-/m0/s1. The Morgan fingerprint density at radius 3 is 2.43 bits per heavy atom. The Bertz CT molecular complexity index is 1120. The van der Waals surface area contributed by atoms with E-state index >= 15 is 0 Å². The summed E-state index contributed by atoms with van der Waals surface area (Å²) in [7, 11) is 0. The third-order valence-corrected chi connectivity index (χ3v) is 5.59. The second kappa shape index (κ2) is 9.49. The first-order valence-corrected chi connectivity index (χ1v) is 10.1. The molecule has 7 heteroatoms. The minimum Gasteiger partial charge on any atom is -0.326 e. The van der Waals surface area contributed by atoms with Crippen molar-refractivity contribution in [2.24, 2.45) is 0 Å². The summed E-state index contributed by atoms with van der Waals surface area (Å²) in [5.41, 5.74) is 2.71. The Morgan fingerprint density at radius 2 is 1.80 bits per heavy atom. The summed E-state index contributed by atoms with van der Waals surface area (Å²) in [5, 5.41) is 13.5. The summed E-state index contributed by atoms with van der Waals surface area (Å²) in [6.45, 7) is 1.79. The molecule has 0 spiro atoms. The number of aryl methyl sites for hydroxylation is 1. The number of carbonyl (C=O) groups excluding carboxylic acids is 1. The molecular weight excluding hydrogens is 446 g/mol. The van der Waals surface area contributed by atoms with E-state index in [9.17, 15) is 14.4 Å². The zero-order valence-corrected chi connectivity index (χ0v) is 18.1. The third kappa shape index (κ3) is 4.94. The van der Waals surface area contributed by atoms with E-state index in [4.69, 9.17) is 34.8 Å². The molecule has 3 rings (SSSR count). The van der Waals surface area contributed by atoms with Gasteiger partial charge in [-0.1, -0.05) is 59.1 Å². The monoisotopic (exact) mass is 460 g/mol. The van der Waals surface area contributed by atoms with Gasteiger partial charge in [0, 0.05) is 26.3 Å². The highest BCUT2D eigenvalue weighted by molar-refractivity contribution is 6.32. The Labute approximate surface area is 189 Å². The van der Waals surface area contributed by atoms with Crippen LogP contribution in [0.2, 0.25) is 15.1 Å². The lowest BCUT2D eigenvalue weighted by molar-refractivity contribution is -0.115. The quantitative estimate of drug-likeness (QED) is 0.448. The predicted molar refractivity (Wildman–Crippen MR) is 119 cm³/mol. The summed E-state index contributed by atoms with van der Waals surface area (Å²) in [5.74, 6) is -1.55. The van der Waals surface area contributed by atoms with Crippen molar-refractivity contribution in [2.45, 2.75) is 19.3 Å². The van der Waals surface area contributed by atoms with Crippen molar-refractivity contribution in [1.82, 2.24) is 0 Å². The van der Waals surface area contributed by atoms with E-state index < -0.39 is 17.6 Å². The molecule has 0 bridgehead atoms. The van der Waals surface area contributed by atoms with Gasteiger partial charge in [0.05, 0.1) is 18.4 Å². The van der Waals surface area contributed by atoms with Gasteiger partial charge in [-0.3, -0.25) is 4.79 Å². The van der Waals surface area contributed by atoms with Crippen LogP contribution in [-0.2, 0) is 11.2 Å². The van der Waals surface area contributed by atoms with Crippen molar-refractivity contribution >= 4 is 46.4 Å². The molecule has 1 N–H and O–H groups in total. The zero-order valence-electron chi connectivity index (χ0n) is 15.8. The molecule has 0 fully saturated rings. The normalized spacial score (nSPS) is 11.6. The summed E-state index contributed by atoms with van der Waals surface area (Å²) in [6.07, 6.45) is -0.212. The average Bonchev–Trinajstić information content (AvgIpc) is 2.70. The van der Waals surface area contributed by atoms with Gasteiger partial charge >= 0.3 is 0 Å². The Kier molecular flexibility index (Phi) is 6.99. The predicted octanol–water partition coefficient (Wildman–Crippen LogP) is 6.93. The molecule has 0 aromatic heterocycles. The van der Waals surface area contributed by atoms with Crippen LogP contribution in [0, 0.1) is 24.1 Å². The van der Waals surface area contributed by atoms with Gasteiger partial charge in [0.1, 0.15) is 5.82 Å². The Morgan fingerprint density at radius 1 is 1.10 bits per heavy atom. The molecular formula is C23H16Cl3FN2O. The molecule has 1 atom stereocenters. The molecule has 1 amide bonds. The number of benzene rings is 3. The van der Waals surface area contributed by atoms with Gasteiger partial charge in [0.15, 0.2) is 0 Å². The van der Waals surface area contributed by atoms with Crippen LogP contribution in [0.3, 0.4) is 0 Å². The molecule has 3 nitrogen and oxygen atoms in total. The SMILES string of the molecule is Cc1cc([C@@H](C#N)c2ccc(Cl)cc2)c(Cl)cc1NC(=O)Cc1c(F)cccc1Cl. The maximum absolute atomic E-state index is 13.9. The molecule has 0 heterocycles. The Hall–Kier alpha value is -2.58. The van der Waals surface area contributed by atoms with Crippen molar-refractivity contribution in [1.29, 1.82) is 5.26 Å². The fraction of sp³-hybridized carbons (Fsp3) is 0.130. The van der Waals surface area contributed by atoms with Crippen LogP contribution in [0.15, 0.2) is 54.6 Å². The third-order valence-electron chi connectivity index (χ3n) is 4.66. The van der Waals surface area contributed by atoms with Gasteiger partial charge < -0.3 is 5.32 Å². The van der Waals surface area contributed by atoms with Crippen LogP contribution in [0.25, 0.3) is 0 Å². The number of hydrogen-bond acceptors (Lipinski definition) is 2. The molecule has 0 aliphatic heterocycles. The molecule has 30 heavy (non-hydrogen) atoms. The smallest absolute Gasteiger partial charge is 0.228 e. The van der Waals surface area contributed by atoms with Crippen LogP contribution < -0.4 is 5.32 Å². The van der Waals surface area contributed by atoms with E-state index in [1.165, 1.54) is 18.2 Å². The van der Waals surface area contributed by atoms with Crippen molar-refractivity contribution < 1.29 is 9.18 Å². The zero-order chi connectivity index (χ0) is 21.8. The molecule has 0 saturated heterocycles. The van der Waals surface area contributed by atoms with E-state index in [0.717, 1.165) is 11.1 Å². The van der Waals surface area contributed by atoms with Crippen LogP contribution in [0.5, 0.6) is 0 Å². The van der Waals surface area contributed by atoms with Crippen molar-refractivity contribution in [2.75, 3.05) is 5.32 Å². The topological polar surface area (TPSA) is 52.9 Å². The lowest BCUT2D eigenvalue weighted by atomic mass is 9.91. The number of nitriles is 1. The van der Waals surface area contributed by atoms with Crippen molar-refractivity contribution in [3.05, 3.63) is 97.7 Å². The lowest BCUT2D eigenvalue weighted by Crippen LogP contribution is -2.16. The lowest BCUT2D eigenvalue weighted by Gasteiger charge is -2.16. The highest BCUT2D eigenvalue weighted by Crippen LogP contribution is 2.34. The van der Waals surface area contributed by atoms with E-state index in [-0.39, 0.29) is 17.0 Å². The summed E-state index contributed by atoms with van der Waals surface area (Å²) >= 11 is 18.4. The van der Waals surface area contributed by atoms with Crippen LogP contribution in [0.4, 0.5) is 10.1 Å². The van der Waals surface area contributed by atoms with Gasteiger partial charge in [-0.2, -0.15) is 5.26 Å². The summed E-state index contributed by atoms with van der Waals surface area (Å²) in [6, 6.07) is 16.8. The average molecular weight is 462 g/mol. The first-order valence-electron chi connectivity index (χ1n) is 8.98. The number of rotatable bonds is 5. The van der Waals surface area contributed by atoms with Crippen LogP contribution in [-0.4, -0.2) is 5.91 Å². The van der Waals surface area contributed by atoms with Crippen LogP contribution in [0.1, 0.15) is 28.2 Å². The van der Waals surface area contributed by atoms with Gasteiger partial charge in [-0.05, 0) is 53.9 Å². The van der Waals surface area contributed by atoms with Crippen molar-refractivity contribution in [3.8, 4) is 6.07 Å². The molecule has 0 aliphatic rings. The van der Waals surface area contributed by atoms with Gasteiger partial charge in [0.25, 0.3) is 0 Å². The highest BCUT2D eigenvalue weighted by Gasteiger charge is 2.19. The second-order valence-electron chi connectivity index (χ2n) is 6.73. The summed E-state index contributed by atoms with van der Waals surface area (Å²) in [4.78, 5) is 12.4. The van der Waals surface area contributed by atoms with E-state index in [1.54, 1.807) is 43.3 Å². The fourth-order valence-corrected chi connectivity index (χ4v) is 3.72. The minimum absolute atomic E-state index is 0.129. The molecule has 152 valence electrons. The van der Waals surface area contributed by atoms with Gasteiger partial charge in [-0.25, -0.2) is 4.39 Å². The number of amides is 1. The van der Waals surface area contributed by atoms with E-state index in [2.05, 4.69) is 11.4 Å². The largest absolute Gasteiger partial charge is 0.326 e. The summed E-state index contributed by atoms with van der Waals surface area (Å²) < 4.78 is 13.9. The minimum atomic E-state index is -0.588. The molecule has 0 unspecified atom stereocenters. The first-order chi connectivity index (χ1) is 14.3. The van der Waals surface area contributed by atoms with E-state index in [1.807, 2.05) is 0 Å². The first kappa shape index (κ1) is 22.1. The maximum Gasteiger partial charge on any atom is 0.228 e. The molecule has 0 radical (unpaired) electrons. The van der Waals surface area contributed by atoms with Crippen LogP contribution >= 0.6 is 34.8 Å². The molecule has 0 aliphatic carbocycles. The fourth-order valence-electron chi connectivity index (χ4n) is 3.09. The van der Waals surface area contributed by atoms with Gasteiger partial charge in [0.2, 0.25) is 5.91 Å². The number of nitrogens with zero attached hydrogens (tertiary/aromatic N) is 1. The Balaban J connectivity index is 1.84. The molecule has 0 saturated carbocycles. The number of carbonyl (C=O) groups is 1.